The Morgan fingerprint density at radius 1 is 0.976 bits per heavy atom. The van der Waals surface area contributed by atoms with Crippen LogP contribution in [0.15, 0.2) is 72.8 Å². The second-order valence-corrected chi connectivity index (χ2v) is 12.8. The van der Waals surface area contributed by atoms with Crippen molar-refractivity contribution in [1.82, 2.24) is 10.2 Å². The summed E-state index contributed by atoms with van der Waals surface area (Å²) in [4.78, 5) is 28.8. The van der Waals surface area contributed by atoms with E-state index in [1.807, 2.05) is 44.2 Å². The van der Waals surface area contributed by atoms with Gasteiger partial charge in [0.25, 0.3) is 0 Å². The van der Waals surface area contributed by atoms with E-state index in [4.69, 9.17) is 23.2 Å². The van der Waals surface area contributed by atoms with Gasteiger partial charge in [0, 0.05) is 42.0 Å². The molecule has 3 aromatic carbocycles. The Kier molecular flexibility index (Phi) is 11.6. The Balaban J connectivity index is 1.92. The third-order valence-electron chi connectivity index (χ3n) is 6.33. The number of sulfonamides is 1. The second kappa shape index (κ2) is 14.7. The van der Waals surface area contributed by atoms with Gasteiger partial charge in [-0.2, -0.15) is 0 Å². The first-order valence-electron chi connectivity index (χ1n) is 13.2. The Labute approximate surface area is 251 Å². The lowest BCUT2D eigenvalue weighted by atomic mass is 10.0. The molecule has 0 fully saturated rings. The van der Waals surface area contributed by atoms with Gasteiger partial charge >= 0.3 is 0 Å². The molecule has 0 aliphatic carbocycles. The maximum absolute atomic E-state index is 14.5. The lowest BCUT2D eigenvalue weighted by molar-refractivity contribution is -0.141. The number of nitrogens with zero attached hydrogens (tertiary/aromatic N) is 2. The highest BCUT2D eigenvalue weighted by atomic mass is 35.5. The molecule has 1 atom stereocenters. The first-order valence-corrected chi connectivity index (χ1v) is 15.8. The predicted molar refractivity (Wildman–Crippen MR) is 162 cm³/mol. The smallest absolute Gasteiger partial charge is 0.243 e. The van der Waals surface area contributed by atoms with Gasteiger partial charge in [-0.3, -0.25) is 13.9 Å². The van der Waals surface area contributed by atoms with Gasteiger partial charge in [0.05, 0.1) is 11.9 Å². The Bertz CT molecular complexity index is 1460. The van der Waals surface area contributed by atoms with Crippen LogP contribution >= 0.6 is 23.2 Å². The number of amides is 2. The summed E-state index contributed by atoms with van der Waals surface area (Å²) in [5, 5.41) is 3.70. The molecule has 1 N–H and O–H groups in total. The molecule has 3 rings (SSSR count). The van der Waals surface area contributed by atoms with Gasteiger partial charge in [0.2, 0.25) is 21.8 Å². The quantitative estimate of drug-likeness (QED) is 0.260. The van der Waals surface area contributed by atoms with E-state index in [0.717, 1.165) is 16.1 Å². The average Bonchev–Trinajstić information content (AvgIpc) is 2.89. The van der Waals surface area contributed by atoms with Crippen molar-refractivity contribution in [2.75, 3.05) is 17.1 Å². The van der Waals surface area contributed by atoms with Crippen molar-refractivity contribution in [2.24, 2.45) is 0 Å². The minimum Gasteiger partial charge on any atom is -0.352 e. The van der Waals surface area contributed by atoms with Gasteiger partial charge in [-0.1, -0.05) is 71.7 Å². The molecule has 2 amide bonds. The Hall–Kier alpha value is -3.14. The lowest BCUT2D eigenvalue weighted by Gasteiger charge is -2.32. The van der Waals surface area contributed by atoms with Crippen molar-refractivity contribution in [2.45, 2.75) is 51.7 Å². The first kappa shape index (κ1) is 32.4. The molecule has 0 radical (unpaired) electrons. The maximum atomic E-state index is 14.5. The number of carbonyl (C=O) groups excluding carboxylic acids is 2. The van der Waals surface area contributed by atoms with E-state index in [1.165, 1.54) is 23.1 Å². The number of hydrogen-bond acceptors (Lipinski definition) is 4. The molecule has 0 aliphatic rings. The van der Waals surface area contributed by atoms with Gasteiger partial charge in [0.15, 0.2) is 0 Å². The minimum atomic E-state index is -3.83. The van der Waals surface area contributed by atoms with E-state index in [2.05, 4.69) is 5.32 Å². The van der Waals surface area contributed by atoms with Crippen LogP contribution in [0.4, 0.5) is 10.1 Å². The number of nitrogens with one attached hydrogen (secondary N) is 1. The van der Waals surface area contributed by atoms with E-state index >= 15 is 0 Å². The normalized spacial score (nSPS) is 12.2. The van der Waals surface area contributed by atoms with Gasteiger partial charge in [-0.05, 0) is 55.7 Å². The SMILES string of the molecule is CC(C)NC(=O)[C@@H](Cc1ccccc1)N(Cc1ccc(Cl)cc1Cl)C(=O)CCCN(c1ccccc1F)S(C)(=O)=O. The molecule has 0 saturated heterocycles. The fourth-order valence-electron chi connectivity index (χ4n) is 4.40. The number of hydrogen-bond donors (Lipinski definition) is 1. The second-order valence-electron chi connectivity index (χ2n) is 10.0. The number of anilines is 1. The van der Waals surface area contributed by atoms with Gasteiger partial charge in [-0.25, -0.2) is 12.8 Å². The molecule has 3 aromatic rings. The summed E-state index contributed by atoms with van der Waals surface area (Å²) in [7, 11) is -3.83. The molecule has 0 spiro atoms. The minimum absolute atomic E-state index is 0.0287. The third-order valence-corrected chi connectivity index (χ3v) is 8.10. The van der Waals surface area contributed by atoms with Gasteiger partial charge in [0.1, 0.15) is 11.9 Å². The van der Waals surface area contributed by atoms with Crippen LogP contribution < -0.4 is 9.62 Å². The van der Waals surface area contributed by atoms with Crippen LogP contribution in [0.5, 0.6) is 0 Å². The molecule has 41 heavy (non-hydrogen) atoms. The summed E-state index contributed by atoms with van der Waals surface area (Å²) in [6.07, 6.45) is 1.24. The molecule has 7 nitrogen and oxygen atoms in total. The van der Waals surface area contributed by atoms with E-state index < -0.39 is 21.9 Å². The maximum Gasteiger partial charge on any atom is 0.243 e. The molecule has 0 heterocycles. The van der Waals surface area contributed by atoms with Crippen LogP contribution in [-0.4, -0.2) is 50.0 Å². The van der Waals surface area contributed by atoms with Crippen LogP contribution in [0.2, 0.25) is 10.0 Å². The Morgan fingerprint density at radius 3 is 2.24 bits per heavy atom. The zero-order chi connectivity index (χ0) is 30.2. The summed E-state index contributed by atoms with van der Waals surface area (Å²) >= 11 is 12.5. The van der Waals surface area contributed by atoms with Crippen LogP contribution in [-0.2, 0) is 32.6 Å². The molecular weight excluding hydrogens is 588 g/mol. The summed E-state index contributed by atoms with van der Waals surface area (Å²) < 4.78 is 40.4. The summed E-state index contributed by atoms with van der Waals surface area (Å²) in [6, 6.07) is 18.8. The highest BCUT2D eigenvalue weighted by Gasteiger charge is 2.31. The van der Waals surface area contributed by atoms with E-state index in [0.29, 0.717) is 15.6 Å². The first-order chi connectivity index (χ1) is 19.4. The molecule has 0 aromatic heterocycles. The number of rotatable bonds is 13. The highest BCUT2D eigenvalue weighted by molar-refractivity contribution is 7.92. The summed E-state index contributed by atoms with van der Waals surface area (Å²) in [5.74, 6) is -1.39. The van der Waals surface area contributed by atoms with Crippen molar-refractivity contribution in [3.05, 3.63) is 99.8 Å². The molecule has 0 bridgehead atoms. The summed E-state index contributed by atoms with van der Waals surface area (Å²) in [5.41, 5.74) is 1.37. The molecule has 0 saturated carbocycles. The van der Waals surface area contributed by atoms with Crippen molar-refractivity contribution in [3.8, 4) is 0 Å². The van der Waals surface area contributed by atoms with Crippen LogP contribution in [0, 0.1) is 5.82 Å². The van der Waals surface area contributed by atoms with Crippen molar-refractivity contribution < 1.29 is 22.4 Å². The lowest BCUT2D eigenvalue weighted by Crippen LogP contribution is -2.51. The number of carbonyl (C=O) groups is 2. The molecule has 0 unspecified atom stereocenters. The van der Waals surface area contributed by atoms with E-state index in [-0.39, 0.29) is 55.9 Å². The average molecular weight is 623 g/mol. The summed E-state index contributed by atoms with van der Waals surface area (Å²) in [6.45, 7) is 3.58. The largest absolute Gasteiger partial charge is 0.352 e. The Morgan fingerprint density at radius 2 is 1.63 bits per heavy atom. The van der Waals surface area contributed by atoms with Crippen LogP contribution in [0.25, 0.3) is 0 Å². The fraction of sp³-hybridized carbons (Fsp3) is 0.333. The van der Waals surface area contributed by atoms with Crippen molar-refractivity contribution in [1.29, 1.82) is 0 Å². The van der Waals surface area contributed by atoms with E-state index in [1.54, 1.807) is 24.3 Å². The number of halogens is 3. The zero-order valence-corrected chi connectivity index (χ0v) is 25.5. The van der Waals surface area contributed by atoms with Crippen LogP contribution in [0.3, 0.4) is 0 Å². The molecule has 11 heteroatoms. The number of benzene rings is 3. The standard InChI is InChI=1S/C30H34Cl2FN3O4S/c1-21(2)34-30(38)28(18-22-10-5-4-6-11-22)35(20-23-15-16-24(31)19-25(23)32)29(37)14-9-17-36(41(3,39)40)27-13-8-7-12-26(27)33/h4-8,10-13,15-16,19,21,28H,9,14,17-18,20H2,1-3H3,(H,34,38)/t28-/m1/s1. The third kappa shape index (κ3) is 9.45. The van der Waals surface area contributed by atoms with E-state index in [9.17, 15) is 22.4 Å². The van der Waals surface area contributed by atoms with Crippen LogP contribution in [0.1, 0.15) is 37.8 Å². The molecular formula is C30H34Cl2FN3O4S. The van der Waals surface area contributed by atoms with Crippen molar-refractivity contribution in [3.63, 3.8) is 0 Å². The van der Waals surface area contributed by atoms with Crippen molar-refractivity contribution >= 4 is 50.7 Å². The predicted octanol–water partition coefficient (Wildman–Crippen LogP) is 5.84. The molecule has 220 valence electrons. The molecule has 0 aliphatic heterocycles. The monoisotopic (exact) mass is 621 g/mol. The topological polar surface area (TPSA) is 86.8 Å². The fourth-order valence-corrected chi connectivity index (χ4v) is 5.84. The van der Waals surface area contributed by atoms with Gasteiger partial charge in [-0.15, -0.1) is 0 Å². The van der Waals surface area contributed by atoms with Gasteiger partial charge < -0.3 is 10.2 Å². The number of para-hydroxylation sites is 1. The highest BCUT2D eigenvalue weighted by Crippen LogP contribution is 2.26. The zero-order valence-electron chi connectivity index (χ0n) is 23.2.